The van der Waals surface area contributed by atoms with E-state index in [4.69, 9.17) is 15.0 Å². The molecule has 0 spiro atoms. The van der Waals surface area contributed by atoms with E-state index in [1.165, 1.54) is 12.5 Å². The van der Waals surface area contributed by atoms with Crippen LogP contribution in [0, 0.1) is 10.1 Å². The molecule has 0 saturated heterocycles. The second-order valence-electron chi connectivity index (χ2n) is 4.85. The van der Waals surface area contributed by atoms with E-state index in [9.17, 15) is 10.1 Å². The molecule has 1 atom stereocenters. The van der Waals surface area contributed by atoms with Crippen LogP contribution < -0.4 is 5.73 Å². The third-order valence-electron chi connectivity index (χ3n) is 3.32. The fourth-order valence-corrected chi connectivity index (χ4v) is 2.62. The fraction of sp³-hybridized carbons (Fsp3) is 0.500. The van der Waals surface area contributed by atoms with Gasteiger partial charge in [-0.15, -0.1) is 0 Å². The first-order valence-corrected chi connectivity index (χ1v) is 7.40. The first kappa shape index (κ1) is 14.1. The average Bonchev–Trinajstić information content (AvgIpc) is 3.05. The molecule has 112 valence electrons. The number of ether oxygens (including phenoxy) is 1. The van der Waals surface area contributed by atoms with Gasteiger partial charge in [-0.3, -0.25) is 10.1 Å². The molecule has 1 unspecified atom stereocenters. The van der Waals surface area contributed by atoms with Crippen LogP contribution in [-0.4, -0.2) is 27.8 Å². The van der Waals surface area contributed by atoms with E-state index >= 15 is 0 Å². The summed E-state index contributed by atoms with van der Waals surface area (Å²) in [5, 5.41) is 14.5. The molecular formula is C12H14N4O4S. The van der Waals surface area contributed by atoms with Gasteiger partial charge in [0.15, 0.2) is 5.82 Å². The van der Waals surface area contributed by atoms with E-state index in [-0.39, 0.29) is 10.9 Å². The summed E-state index contributed by atoms with van der Waals surface area (Å²) in [5.41, 5.74) is 5.95. The molecule has 2 N–H and O–H groups in total. The summed E-state index contributed by atoms with van der Waals surface area (Å²) in [6.07, 6.45) is 3.64. The topological polar surface area (TPSA) is 117 Å². The van der Waals surface area contributed by atoms with Crippen LogP contribution in [0.5, 0.6) is 0 Å². The van der Waals surface area contributed by atoms with Crippen molar-refractivity contribution in [3.63, 3.8) is 0 Å². The standard InChI is InChI=1S/C12H14N4O4S/c13-8(6-19-7-2-1-3-7)11-14-12(20-15-11)9-4-5-10(21-9)16(17)18/h4-5,7-8H,1-3,6,13H2. The number of hydrogen-bond donors (Lipinski definition) is 1. The van der Waals surface area contributed by atoms with Crippen molar-refractivity contribution in [1.82, 2.24) is 10.1 Å². The van der Waals surface area contributed by atoms with Gasteiger partial charge in [-0.2, -0.15) is 4.98 Å². The molecule has 2 aromatic heterocycles. The van der Waals surface area contributed by atoms with Crippen molar-refractivity contribution < 1.29 is 14.2 Å². The SMILES string of the molecule is NC(COC1CCC1)c1noc(-c2ccc([N+](=O)[O-])s2)n1. The molecule has 2 aromatic rings. The maximum absolute atomic E-state index is 10.7. The molecule has 3 rings (SSSR count). The van der Waals surface area contributed by atoms with Crippen LogP contribution in [0.3, 0.4) is 0 Å². The van der Waals surface area contributed by atoms with Gasteiger partial charge in [0.05, 0.1) is 28.6 Å². The zero-order valence-electron chi connectivity index (χ0n) is 11.1. The van der Waals surface area contributed by atoms with Crippen molar-refractivity contribution in [2.24, 2.45) is 5.73 Å². The lowest BCUT2D eigenvalue weighted by Gasteiger charge is -2.26. The molecule has 0 radical (unpaired) electrons. The first-order valence-electron chi connectivity index (χ1n) is 6.59. The van der Waals surface area contributed by atoms with Crippen molar-refractivity contribution in [1.29, 1.82) is 0 Å². The zero-order chi connectivity index (χ0) is 14.8. The number of thiophene rings is 1. The molecule has 0 bridgehead atoms. The van der Waals surface area contributed by atoms with Crippen molar-refractivity contribution in [2.45, 2.75) is 31.4 Å². The molecule has 0 aromatic carbocycles. The Balaban J connectivity index is 1.65. The Morgan fingerprint density at radius 2 is 2.38 bits per heavy atom. The normalized spacial score (nSPS) is 16.6. The maximum Gasteiger partial charge on any atom is 0.324 e. The van der Waals surface area contributed by atoms with Crippen molar-refractivity contribution >= 4 is 16.3 Å². The van der Waals surface area contributed by atoms with E-state index in [0.29, 0.717) is 23.4 Å². The van der Waals surface area contributed by atoms with E-state index in [1.54, 1.807) is 6.07 Å². The summed E-state index contributed by atoms with van der Waals surface area (Å²) in [4.78, 5) is 14.9. The van der Waals surface area contributed by atoms with Crippen LogP contribution in [0.2, 0.25) is 0 Å². The monoisotopic (exact) mass is 310 g/mol. The predicted octanol–water partition coefficient (Wildman–Crippen LogP) is 2.28. The molecule has 21 heavy (non-hydrogen) atoms. The number of nitrogens with zero attached hydrogens (tertiary/aromatic N) is 3. The number of nitro groups is 1. The second kappa shape index (κ2) is 5.88. The molecule has 2 heterocycles. The number of hydrogen-bond acceptors (Lipinski definition) is 8. The zero-order valence-corrected chi connectivity index (χ0v) is 11.9. The van der Waals surface area contributed by atoms with E-state index in [1.807, 2.05) is 0 Å². The van der Waals surface area contributed by atoms with Crippen molar-refractivity contribution in [2.75, 3.05) is 6.61 Å². The highest BCUT2D eigenvalue weighted by molar-refractivity contribution is 7.18. The molecule has 0 aliphatic heterocycles. The summed E-state index contributed by atoms with van der Waals surface area (Å²) in [6, 6.07) is 2.53. The van der Waals surface area contributed by atoms with E-state index in [2.05, 4.69) is 10.1 Å². The Morgan fingerprint density at radius 3 is 3.00 bits per heavy atom. The lowest BCUT2D eigenvalue weighted by atomic mass is 9.96. The van der Waals surface area contributed by atoms with Crippen LogP contribution in [0.25, 0.3) is 10.8 Å². The molecule has 1 aliphatic rings. The fourth-order valence-electron chi connectivity index (χ4n) is 1.88. The van der Waals surface area contributed by atoms with Gasteiger partial charge in [-0.1, -0.05) is 16.5 Å². The molecule has 8 nitrogen and oxygen atoms in total. The smallest absolute Gasteiger partial charge is 0.324 e. The summed E-state index contributed by atoms with van der Waals surface area (Å²) in [5.74, 6) is 0.586. The second-order valence-corrected chi connectivity index (χ2v) is 5.91. The molecule has 1 fully saturated rings. The Morgan fingerprint density at radius 1 is 1.57 bits per heavy atom. The Labute approximate surface area is 124 Å². The lowest BCUT2D eigenvalue weighted by Crippen LogP contribution is -2.27. The lowest BCUT2D eigenvalue weighted by molar-refractivity contribution is -0.380. The largest absolute Gasteiger partial charge is 0.376 e. The quantitative estimate of drug-likeness (QED) is 0.642. The highest BCUT2D eigenvalue weighted by Gasteiger charge is 2.22. The average molecular weight is 310 g/mol. The summed E-state index contributed by atoms with van der Waals surface area (Å²) >= 11 is 0.983. The third kappa shape index (κ3) is 3.09. The molecule has 0 amide bonds. The van der Waals surface area contributed by atoms with Crippen molar-refractivity contribution in [3.8, 4) is 10.8 Å². The van der Waals surface area contributed by atoms with Crippen LogP contribution in [0.15, 0.2) is 16.7 Å². The van der Waals surface area contributed by atoms with Gasteiger partial charge in [0, 0.05) is 6.07 Å². The molecule has 9 heteroatoms. The van der Waals surface area contributed by atoms with Gasteiger partial charge in [-0.25, -0.2) is 0 Å². The van der Waals surface area contributed by atoms with E-state index in [0.717, 1.165) is 24.2 Å². The van der Waals surface area contributed by atoms with Gasteiger partial charge < -0.3 is 15.0 Å². The summed E-state index contributed by atoms with van der Waals surface area (Å²) in [7, 11) is 0. The first-order chi connectivity index (χ1) is 10.1. The molecule has 1 aliphatic carbocycles. The van der Waals surface area contributed by atoms with Crippen LogP contribution in [0.4, 0.5) is 5.00 Å². The van der Waals surface area contributed by atoms with E-state index < -0.39 is 11.0 Å². The van der Waals surface area contributed by atoms with Crippen molar-refractivity contribution in [3.05, 3.63) is 28.1 Å². The minimum absolute atomic E-state index is 0.0300. The van der Waals surface area contributed by atoms with Crippen LogP contribution in [0.1, 0.15) is 31.1 Å². The number of aromatic nitrogens is 2. The number of rotatable bonds is 6. The molecule has 1 saturated carbocycles. The summed E-state index contributed by atoms with van der Waals surface area (Å²) in [6.45, 7) is 0.341. The van der Waals surface area contributed by atoms with Crippen LogP contribution in [-0.2, 0) is 4.74 Å². The number of nitrogens with two attached hydrogens (primary N) is 1. The highest BCUT2D eigenvalue weighted by atomic mass is 32.1. The van der Waals surface area contributed by atoms with Gasteiger partial charge in [-0.05, 0) is 25.3 Å². The van der Waals surface area contributed by atoms with Crippen LogP contribution >= 0.6 is 11.3 Å². The Kier molecular flexibility index (Phi) is 3.95. The van der Waals surface area contributed by atoms with Gasteiger partial charge in [0.1, 0.15) is 0 Å². The Hall–Kier alpha value is -1.84. The maximum atomic E-state index is 10.7. The predicted molar refractivity (Wildman–Crippen MR) is 74.8 cm³/mol. The van der Waals surface area contributed by atoms with Gasteiger partial charge in [0.25, 0.3) is 5.89 Å². The Bertz CT molecular complexity index is 637. The van der Waals surface area contributed by atoms with Gasteiger partial charge in [0.2, 0.25) is 0 Å². The summed E-state index contributed by atoms with van der Waals surface area (Å²) < 4.78 is 10.7. The third-order valence-corrected chi connectivity index (χ3v) is 4.34. The minimum Gasteiger partial charge on any atom is -0.376 e. The molecular weight excluding hydrogens is 296 g/mol. The van der Waals surface area contributed by atoms with Gasteiger partial charge >= 0.3 is 5.00 Å². The minimum atomic E-state index is -0.460. The highest BCUT2D eigenvalue weighted by Crippen LogP contribution is 2.32.